The van der Waals surface area contributed by atoms with Crippen molar-refractivity contribution in [2.24, 2.45) is 0 Å². The number of nitrogens with two attached hydrogens (primary N) is 1. The van der Waals surface area contributed by atoms with Crippen molar-refractivity contribution in [1.29, 1.82) is 0 Å². The Balaban J connectivity index is 1.74. The van der Waals surface area contributed by atoms with Gasteiger partial charge in [-0.05, 0) is 30.3 Å². The minimum absolute atomic E-state index is 0.284. The number of rotatable bonds is 2. The number of para-hydroxylation sites is 1. The molecule has 1 aromatic heterocycles. The van der Waals surface area contributed by atoms with Crippen LogP contribution in [0.15, 0.2) is 48.5 Å². The third-order valence-electron chi connectivity index (χ3n) is 2.69. The van der Waals surface area contributed by atoms with Crippen LogP contribution in [-0.4, -0.2) is 11.0 Å². The molecule has 2 amide bonds. The molecule has 1 heterocycles. The highest BCUT2D eigenvalue weighted by Crippen LogP contribution is 2.26. The molecule has 0 aliphatic rings. The summed E-state index contributed by atoms with van der Waals surface area (Å²) in [7, 11) is 0. The first kappa shape index (κ1) is 12.4. The van der Waals surface area contributed by atoms with Crippen LogP contribution < -0.4 is 16.4 Å². The van der Waals surface area contributed by atoms with E-state index in [0.29, 0.717) is 10.8 Å². The number of carbonyl (C=O) groups excluding carboxylic acids is 1. The number of thiazole rings is 1. The summed E-state index contributed by atoms with van der Waals surface area (Å²) in [6.45, 7) is 0. The molecule has 3 rings (SSSR count). The predicted octanol–water partition coefficient (Wildman–Crippen LogP) is 3.52. The van der Waals surface area contributed by atoms with Gasteiger partial charge in [-0.1, -0.05) is 29.5 Å². The van der Waals surface area contributed by atoms with Crippen molar-refractivity contribution in [2.75, 3.05) is 16.4 Å². The van der Waals surface area contributed by atoms with Crippen LogP contribution in [0, 0.1) is 0 Å². The molecule has 20 heavy (non-hydrogen) atoms. The van der Waals surface area contributed by atoms with Crippen LogP contribution in [0.2, 0.25) is 0 Å². The Morgan fingerprint density at radius 2 is 1.80 bits per heavy atom. The fourth-order valence-corrected chi connectivity index (χ4v) is 2.61. The number of benzene rings is 2. The van der Waals surface area contributed by atoms with E-state index in [1.807, 2.05) is 42.5 Å². The van der Waals surface area contributed by atoms with Crippen molar-refractivity contribution in [3.05, 3.63) is 48.5 Å². The van der Waals surface area contributed by atoms with Gasteiger partial charge in [0.2, 0.25) is 0 Å². The smallest absolute Gasteiger partial charge is 0.323 e. The zero-order chi connectivity index (χ0) is 13.9. The number of urea groups is 1. The minimum atomic E-state index is -0.284. The van der Waals surface area contributed by atoms with Crippen LogP contribution in [0.5, 0.6) is 0 Å². The second kappa shape index (κ2) is 5.18. The van der Waals surface area contributed by atoms with E-state index in [-0.39, 0.29) is 6.03 Å². The van der Waals surface area contributed by atoms with Crippen molar-refractivity contribution in [3.63, 3.8) is 0 Å². The normalized spacial score (nSPS) is 10.4. The molecule has 4 N–H and O–H groups in total. The second-order valence-corrected chi connectivity index (χ2v) is 5.24. The highest BCUT2D eigenvalue weighted by Gasteiger charge is 2.05. The summed E-state index contributed by atoms with van der Waals surface area (Å²) in [5.74, 6) is 0. The summed E-state index contributed by atoms with van der Waals surface area (Å²) in [5, 5.41) is 6.06. The Kier molecular flexibility index (Phi) is 3.22. The van der Waals surface area contributed by atoms with Gasteiger partial charge in [0, 0.05) is 11.4 Å². The van der Waals surface area contributed by atoms with E-state index in [2.05, 4.69) is 15.6 Å². The van der Waals surface area contributed by atoms with E-state index < -0.39 is 0 Å². The van der Waals surface area contributed by atoms with Gasteiger partial charge in [-0.3, -0.25) is 0 Å². The molecule has 2 aromatic carbocycles. The molecule has 0 saturated heterocycles. The lowest BCUT2D eigenvalue weighted by Crippen LogP contribution is -2.19. The van der Waals surface area contributed by atoms with E-state index in [9.17, 15) is 4.79 Å². The van der Waals surface area contributed by atoms with E-state index in [1.54, 1.807) is 6.07 Å². The number of fused-ring (bicyclic) bond motifs is 1. The molecule has 0 aliphatic carbocycles. The highest BCUT2D eigenvalue weighted by molar-refractivity contribution is 7.22. The van der Waals surface area contributed by atoms with Crippen molar-refractivity contribution in [2.45, 2.75) is 0 Å². The van der Waals surface area contributed by atoms with Crippen LogP contribution in [0.4, 0.5) is 21.3 Å². The summed E-state index contributed by atoms with van der Waals surface area (Å²) < 4.78 is 0.944. The predicted molar refractivity (Wildman–Crippen MR) is 83.1 cm³/mol. The molecule has 5 nitrogen and oxygen atoms in total. The van der Waals surface area contributed by atoms with Crippen molar-refractivity contribution in [3.8, 4) is 0 Å². The van der Waals surface area contributed by atoms with Gasteiger partial charge in [0.15, 0.2) is 5.13 Å². The van der Waals surface area contributed by atoms with Crippen LogP contribution >= 0.6 is 11.3 Å². The number of nitrogens with zero attached hydrogens (tertiary/aromatic N) is 1. The number of nitrogen functional groups attached to an aromatic ring is 1. The third kappa shape index (κ3) is 2.70. The van der Waals surface area contributed by atoms with Gasteiger partial charge in [0.25, 0.3) is 0 Å². The number of anilines is 3. The quantitative estimate of drug-likeness (QED) is 0.673. The Bertz CT molecular complexity index is 754. The summed E-state index contributed by atoms with van der Waals surface area (Å²) in [5.41, 5.74) is 7.93. The molecule has 0 fully saturated rings. The number of carbonyl (C=O) groups is 1. The average Bonchev–Trinajstić information content (AvgIpc) is 2.79. The Morgan fingerprint density at radius 1 is 1.05 bits per heavy atom. The third-order valence-corrected chi connectivity index (χ3v) is 3.54. The van der Waals surface area contributed by atoms with Gasteiger partial charge in [-0.15, -0.1) is 0 Å². The molecular formula is C14H12N4OS. The molecule has 6 heteroatoms. The van der Waals surface area contributed by atoms with E-state index in [1.165, 1.54) is 11.3 Å². The molecule has 3 aromatic rings. The summed E-state index contributed by atoms with van der Waals surface area (Å²) >= 11 is 1.39. The molecule has 0 aliphatic heterocycles. The summed E-state index contributed by atoms with van der Waals surface area (Å²) in [6.07, 6.45) is 0. The zero-order valence-corrected chi connectivity index (χ0v) is 11.3. The molecular weight excluding hydrogens is 272 g/mol. The van der Waals surface area contributed by atoms with E-state index in [4.69, 9.17) is 5.73 Å². The Morgan fingerprint density at radius 3 is 2.60 bits per heavy atom. The van der Waals surface area contributed by atoms with Crippen LogP contribution in [0.1, 0.15) is 0 Å². The van der Waals surface area contributed by atoms with Crippen LogP contribution in [0.25, 0.3) is 10.2 Å². The van der Waals surface area contributed by atoms with Crippen molar-refractivity contribution >= 4 is 44.1 Å². The Hall–Kier alpha value is -2.60. The highest BCUT2D eigenvalue weighted by atomic mass is 32.1. The topological polar surface area (TPSA) is 80.0 Å². The number of hydrogen-bond acceptors (Lipinski definition) is 4. The van der Waals surface area contributed by atoms with Crippen LogP contribution in [-0.2, 0) is 0 Å². The van der Waals surface area contributed by atoms with Crippen LogP contribution in [0.3, 0.4) is 0 Å². The monoisotopic (exact) mass is 284 g/mol. The van der Waals surface area contributed by atoms with E-state index >= 15 is 0 Å². The average molecular weight is 284 g/mol. The molecule has 0 atom stereocenters. The lowest BCUT2D eigenvalue weighted by Gasteiger charge is -2.07. The first-order chi connectivity index (χ1) is 9.70. The minimum Gasteiger partial charge on any atom is -0.375 e. The lowest BCUT2D eigenvalue weighted by atomic mass is 10.3. The van der Waals surface area contributed by atoms with Gasteiger partial charge in [0.1, 0.15) is 0 Å². The number of hydrogen-bond donors (Lipinski definition) is 3. The molecule has 0 bridgehead atoms. The van der Waals surface area contributed by atoms with Gasteiger partial charge in [-0.25, -0.2) is 9.78 Å². The molecule has 100 valence electrons. The maximum Gasteiger partial charge on any atom is 0.323 e. The maximum atomic E-state index is 11.9. The fourth-order valence-electron chi connectivity index (χ4n) is 1.84. The van der Waals surface area contributed by atoms with E-state index in [0.717, 1.165) is 15.9 Å². The first-order valence-corrected chi connectivity index (χ1v) is 6.81. The lowest BCUT2D eigenvalue weighted by molar-refractivity contribution is 0.262. The molecule has 0 saturated carbocycles. The number of nitrogens with one attached hydrogen (secondary N) is 2. The Labute approximate surface area is 119 Å². The maximum absolute atomic E-state index is 11.9. The van der Waals surface area contributed by atoms with Crippen molar-refractivity contribution in [1.82, 2.24) is 4.98 Å². The number of amides is 2. The number of aromatic nitrogens is 1. The van der Waals surface area contributed by atoms with Crippen molar-refractivity contribution < 1.29 is 4.79 Å². The van der Waals surface area contributed by atoms with Gasteiger partial charge in [0.05, 0.1) is 10.2 Å². The van der Waals surface area contributed by atoms with Gasteiger partial charge in [-0.2, -0.15) is 0 Å². The SMILES string of the molecule is Nc1nc2ccc(NC(=O)Nc3ccccc3)cc2s1. The molecule has 0 radical (unpaired) electrons. The standard InChI is InChI=1S/C14H12N4OS/c15-13-18-11-7-6-10(8-12(11)20-13)17-14(19)16-9-4-2-1-3-5-9/h1-8H,(H2,15,18)(H2,16,17,19). The van der Waals surface area contributed by atoms with Gasteiger partial charge < -0.3 is 16.4 Å². The first-order valence-electron chi connectivity index (χ1n) is 6.00. The zero-order valence-electron chi connectivity index (χ0n) is 10.5. The second-order valence-electron chi connectivity index (χ2n) is 4.18. The largest absolute Gasteiger partial charge is 0.375 e. The summed E-state index contributed by atoms with van der Waals surface area (Å²) in [6, 6.07) is 14.5. The summed E-state index contributed by atoms with van der Waals surface area (Å²) in [4.78, 5) is 16.0. The molecule has 0 spiro atoms. The molecule has 0 unspecified atom stereocenters. The van der Waals surface area contributed by atoms with Gasteiger partial charge >= 0.3 is 6.03 Å². The fraction of sp³-hybridized carbons (Fsp3) is 0.